The van der Waals surface area contributed by atoms with Gasteiger partial charge >= 0.3 is 0 Å². The molecule has 114 valence electrons. The number of methoxy groups -OCH3 is 1. The van der Waals surface area contributed by atoms with Crippen molar-refractivity contribution < 1.29 is 13.2 Å². The van der Waals surface area contributed by atoms with E-state index in [0.717, 1.165) is 18.4 Å². The normalized spacial score (nSPS) is 13.3. The van der Waals surface area contributed by atoms with Crippen LogP contribution >= 0.6 is 0 Å². The van der Waals surface area contributed by atoms with Gasteiger partial charge in [-0.2, -0.15) is 0 Å². The fraction of sp³-hybridized carbons (Fsp3) is 0.571. The molecular weight excluding hydrogens is 276 g/mol. The third kappa shape index (κ3) is 4.47. The molecule has 20 heavy (non-hydrogen) atoms. The second-order valence-electron chi connectivity index (χ2n) is 4.78. The molecule has 6 heteroatoms. The Balaban J connectivity index is 3.06. The number of anilines is 1. The second kappa shape index (κ2) is 7.61. The molecule has 0 aromatic heterocycles. The lowest BCUT2D eigenvalue weighted by atomic mass is 10.1. The zero-order valence-electron chi connectivity index (χ0n) is 12.3. The number of hydrogen-bond acceptors (Lipinski definition) is 4. The van der Waals surface area contributed by atoms with Gasteiger partial charge in [0.05, 0.1) is 11.5 Å². The molecule has 1 atom stereocenters. The Morgan fingerprint density at radius 1 is 1.35 bits per heavy atom. The zero-order chi connectivity index (χ0) is 15.2. The number of nitrogen functional groups attached to an aromatic ring is 1. The van der Waals surface area contributed by atoms with Gasteiger partial charge in [-0.1, -0.05) is 26.3 Å². The van der Waals surface area contributed by atoms with E-state index in [0.29, 0.717) is 18.7 Å². The highest BCUT2D eigenvalue weighted by Crippen LogP contribution is 2.20. The van der Waals surface area contributed by atoms with E-state index in [1.807, 2.05) is 13.8 Å². The molecule has 0 saturated carbocycles. The van der Waals surface area contributed by atoms with E-state index in [9.17, 15) is 8.42 Å². The van der Waals surface area contributed by atoms with E-state index >= 15 is 0 Å². The van der Waals surface area contributed by atoms with Crippen molar-refractivity contribution in [3.8, 4) is 0 Å². The van der Waals surface area contributed by atoms with Crippen LogP contribution in [0.3, 0.4) is 0 Å². The summed E-state index contributed by atoms with van der Waals surface area (Å²) < 4.78 is 32.8. The Labute approximate surface area is 121 Å². The summed E-state index contributed by atoms with van der Waals surface area (Å²) in [7, 11) is -2.01. The van der Waals surface area contributed by atoms with Gasteiger partial charge in [-0.25, -0.2) is 13.1 Å². The van der Waals surface area contributed by atoms with E-state index in [2.05, 4.69) is 4.72 Å². The molecule has 1 aromatic carbocycles. The molecule has 0 saturated heterocycles. The Morgan fingerprint density at radius 3 is 2.60 bits per heavy atom. The van der Waals surface area contributed by atoms with Crippen molar-refractivity contribution in [2.45, 2.75) is 44.0 Å². The minimum atomic E-state index is -3.58. The van der Waals surface area contributed by atoms with E-state index in [1.165, 1.54) is 6.07 Å². The van der Waals surface area contributed by atoms with Crippen molar-refractivity contribution in [3.05, 3.63) is 23.8 Å². The first kappa shape index (κ1) is 16.9. The minimum Gasteiger partial charge on any atom is -0.399 e. The van der Waals surface area contributed by atoms with Crippen molar-refractivity contribution in [3.63, 3.8) is 0 Å². The zero-order valence-corrected chi connectivity index (χ0v) is 13.2. The van der Waals surface area contributed by atoms with Crippen LogP contribution in [-0.4, -0.2) is 28.2 Å². The molecule has 0 heterocycles. The fourth-order valence-electron chi connectivity index (χ4n) is 2.12. The van der Waals surface area contributed by atoms with Crippen molar-refractivity contribution >= 4 is 15.7 Å². The number of sulfonamides is 1. The molecule has 0 amide bonds. The number of ether oxygens (including phenoxy) is 1. The molecule has 1 rings (SSSR count). The summed E-state index contributed by atoms with van der Waals surface area (Å²) in [5.74, 6) is 0. The minimum absolute atomic E-state index is 0.221. The smallest absolute Gasteiger partial charge is 0.241 e. The van der Waals surface area contributed by atoms with E-state index in [4.69, 9.17) is 10.5 Å². The Kier molecular flexibility index (Phi) is 6.45. The number of rotatable bonds is 8. The molecule has 0 aliphatic rings. The first-order valence-corrected chi connectivity index (χ1v) is 8.32. The van der Waals surface area contributed by atoms with Crippen LogP contribution in [0, 0.1) is 0 Å². The summed E-state index contributed by atoms with van der Waals surface area (Å²) in [5.41, 5.74) is 6.92. The van der Waals surface area contributed by atoms with Crippen molar-refractivity contribution in [2.75, 3.05) is 19.5 Å². The van der Waals surface area contributed by atoms with E-state index in [-0.39, 0.29) is 10.9 Å². The molecular formula is C14H24N2O3S. The molecule has 5 nitrogen and oxygen atoms in total. The highest BCUT2D eigenvalue weighted by Gasteiger charge is 2.22. The lowest BCUT2D eigenvalue weighted by molar-refractivity contribution is 0.171. The van der Waals surface area contributed by atoms with Gasteiger partial charge in [0.15, 0.2) is 0 Å². The summed E-state index contributed by atoms with van der Waals surface area (Å²) in [4.78, 5) is 0.261. The van der Waals surface area contributed by atoms with Gasteiger partial charge in [-0.3, -0.25) is 0 Å². The third-order valence-electron chi connectivity index (χ3n) is 3.09. The summed E-state index contributed by atoms with van der Waals surface area (Å²) in [6.07, 6.45) is 2.25. The van der Waals surface area contributed by atoms with Crippen LogP contribution < -0.4 is 10.5 Å². The topological polar surface area (TPSA) is 81.4 Å². The number of aryl methyl sites for hydroxylation is 1. The van der Waals surface area contributed by atoms with Crippen LogP contribution in [0.25, 0.3) is 0 Å². The van der Waals surface area contributed by atoms with Crippen LogP contribution in [0.1, 0.15) is 32.3 Å². The average molecular weight is 300 g/mol. The van der Waals surface area contributed by atoms with Crippen LogP contribution in [0.15, 0.2) is 23.1 Å². The Bertz CT molecular complexity index is 523. The molecule has 3 N–H and O–H groups in total. The lowest BCUT2D eigenvalue weighted by Crippen LogP contribution is -2.38. The summed E-state index contributed by atoms with van der Waals surface area (Å²) in [6, 6.07) is 4.77. The summed E-state index contributed by atoms with van der Waals surface area (Å²) in [6.45, 7) is 4.29. The largest absolute Gasteiger partial charge is 0.399 e. The van der Waals surface area contributed by atoms with Gasteiger partial charge in [-0.05, 0) is 30.5 Å². The van der Waals surface area contributed by atoms with Gasteiger partial charge in [0.1, 0.15) is 0 Å². The Hall–Kier alpha value is -1.11. The van der Waals surface area contributed by atoms with Gasteiger partial charge in [-0.15, -0.1) is 0 Å². The maximum absolute atomic E-state index is 12.5. The summed E-state index contributed by atoms with van der Waals surface area (Å²) in [5, 5.41) is 0. The number of nitrogens with two attached hydrogens (primary N) is 1. The SMILES string of the molecule is CCCC(COC)NS(=O)(=O)c1cc(N)ccc1CC. The van der Waals surface area contributed by atoms with Gasteiger partial charge in [0, 0.05) is 18.8 Å². The molecule has 1 aromatic rings. The molecule has 0 bridgehead atoms. The van der Waals surface area contributed by atoms with Gasteiger partial charge in [0.25, 0.3) is 0 Å². The monoisotopic (exact) mass is 300 g/mol. The molecule has 0 radical (unpaired) electrons. The highest BCUT2D eigenvalue weighted by molar-refractivity contribution is 7.89. The second-order valence-corrected chi connectivity index (χ2v) is 6.47. The molecule has 1 unspecified atom stereocenters. The van der Waals surface area contributed by atoms with Crippen LogP contribution in [0.5, 0.6) is 0 Å². The summed E-state index contributed by atoms with van der Waals surface area (Å²) >= 11 is 0. The van der Waals surface area contributed by atoms with Crippen molar-refractivity contribution in [1.82, 2.24) is 4.72 Å². The van der Waals surface area contributed by atoms with Crippen molar-refractivity contribution in [2.24, 2.45) is 0 Å². The number of nitrogens with one attached hydrogen (secondary N) is 1. The van der Waals surface area contributed by atoms with E-state index < -0.39 is 10.0 Å². The average Bonchev–Trinajstić information content (AvgIpc) is 2.39. The van der Waals surface area contributed by atoms with Gasteiger partial charge in [0.2, 0.25) is 10.0 Å². The standard InChI is InChI=1S/C14H24N2O3S/c1-4-6-13(10-19-3)16-20(17,18)14-9-12(15)8-7-11(14)5-2/h7-9,13,16H,4-6,10,15H2,1-3H3. The fourth-order valence-corrected chi connectivity index (χ4v) is 3.72. The Morgan fingerprint density at radius 2 is 2.05 bits per heavy atom. The number of benzene rings is 1. The molecule has 0 aliphatic heterocycles. The predicted molar refractivity (Wildman–Crippen MR) is 81.1 cm³/mol. The van der Waals surface area contributed by atoms with E-state index in [1.54, 1.807) is 19.2 Å². The molecule has 0 fully saturated rings. The molecule has 0 aliphatic carbocycles. The quantitative estimate of drug-likeness (QED) is 0.719. The maximum atomic E-state index is 12.5. The highest BCUT2D eigenvalue weighted by atomic mass is 32.2. The molecule has 0 spiro atoms. The van der Waals surface area contributed by atoms with Crippen molar-refractivity contribution in [1.29, 1.82) is 0 Å². The first-order chi connectivity index (χ1) is 9.44. The lowest BCUT2D eigenvalue weighted by Gasteiger charge is -2.18. The first-order valence-electron chi connectivity index (χ1n) is 6.84. The van der Waals surface area contributed by atoms with Gasteiger partial charge < -0.3 is 10.5 Å². The maximum Gasteiger partial charge on any atom is 0.241 e. The van der Waals surface area contributed by atoms with Crippen LogP contribution in [-0.2, 0) is 21.2 Å². The number of hydrogen-bond donors (Lipinski definition) is 2. The predicted octanol–water partition coefficient (Wildman–Crippen LogP) is 1.92. The third-order valence-corrected chi connectivity index (χ3v) is 4.69. The van der Waals surface area contributed by atoms with Crippen LogP contribution in [0.4, 0.5) is 5.69 Å². The van der Waals surface area contributed by atoms with Crippen LogP contribution in [0.2, 0.25) is 0 Å².